The molecule has 7 nitrogen and oxygen atoms in total. The second kappa shape index (κ2) is 10.8. The van der Waals surface area contributed by atoms with Crippen molar-refractivity contribution in [3.05, 3.63) is 53.8 Å². The van der Waals surface area contributed by atoms with Gasteiger partial charge in [-0.25, -0.2) is 12.8 Å². The molecule has 174 valence electrons. The number of ether oxygens (including phenoxy) is 2. The minimum Gasteiger partial charge on any atom is -0.490 e. The average Bonchev–Trinajstić information content (AvgIpc) is 2.81. The van der Waals surface area contributed by atoms with E-state index in [0.717, 1.165) is 25.0 Å². The SMILES string of the molecule is CCCOc1ccc(C(=O)N2CCN(S(=O)(=O)c3ccc(F)cc3)CC2)cc1OCCC. The standard InChI is InChI=1S/C23H29FN2O5S/c1-3-15-30-21-10-5-18(17-22(21)31-16-4-2)23(27)25-11-13-26(14-12-25)32(28,29)20-8-6-19(24)7-9-20/h5-10,17H,3-4,11-16H2,1-2H3. The van der Waals surface area contributed by atoms with Crippen LogP contribution in [0.4, 0.5) is 4.39 Å². The third-order valence-electron chi connectivity index (χ3n) is 5.09. The van der Waals surface area contributed by atoms with E-state index in [9.17, 15) is 17.6 Å². The zero-order valence-electron chi connectivity index (χ0n) is 18.4. The van der Waals surface area contributed by atoms with Gasteiger partial charge >= 0.3 is 0 Å². The zero-order chi connectivity index (χ0) is 23.1. The summed E-state index contributed by atoms with van der Waals surface area (Å²) in [6, 6.07) is 9.88. The quantitative estimate of drug-likeness (QED) is 0.567. The highest BCUT2D eigenvalue weighted by atomic mass is 32.2. The summed E-state index contributed by atoms with van der Waals surface area (Å²) < 4.78 is 51.5. The van der Waals surface area contributed by atoms with Gasteiger partial charge in [0.2, 0.25) is 10.0 Å². The van der Waals surface area contributed by atoms with Gasteiger partial charge in [0.25, 0.3) is 5.91 Å². The number of carbonyl (C=O) groups is 1. The van der Waals surface area contributed by atoms with Gasteiger partial charge in [0, 0.05) is 31.7 Å². The molecule has 9 heteroatoms. The smallest absolute Gasteiger partial charge is 0.254 e. The van der Waals surface area contributed by atoms with Gasteiger partial charge in [0.05, 0.1) is 18.1 Å². The number of halogens is 1. The van der Waals surface area contributed by atoms with Gasteiger partial charge in [-0.1, -0.05) is 13.8 Å². The zero-order valence-corrected chi connectivity index (χ0v) is 19.2. The molecule has 1 amide bonds. The van der Waals surface area contributed by atoms with Crippen molar-refractivity contribution < 1.29 is 27.1 Å². The van der Waals surface area contributed by atoms with E-state index in [-0.39, 0.29) is 37.0 Å². The Bertz CT molecular complexity index is 1020. The Labute approximate surface area is 188 Å². The first-order valence-electron chi connectivity index (χ1n) is 10.8. The number of nitrogens with zero attached hydrogens (tertiary/aromatic N) is 2. The van der Waals surface area contributed by atoms with Crippen LogP contribution in [0.25, 0.3) is 0 Å². The maximum absolute atomic E-state index is 13.1. The van der Waals surface area contributed by atoms with Crippen molar-refractivity contribution in [2.75, 3.05) is 39.4 Å². The van der Waals surface area contributed by atoms with Crippen molar-refractivity contribution >= 4 is 15.9 Å². The first-order valence-corrected chi connectivity index (χ1v) is 12.3. The van der Waals surface area contributed by atoms with Gasteiger partial charge in [-0.2, -0.15) is 4.31 Å². The molecule has 0 spiro atoms. The van der Waals surface area contributed by atoms with Crippen molar-refractivity contribution in [3.63, 3.8) is 0 Å². The molecule has 2 aromatic carbocycles. The molecule has 1 heterocycles. The summed E-state index contributed by atoms with van der Waals surface area (Å²) in [7, 11) is -3.73. The molecule has 32 heavy (non-hydrogen) atoms. The first kappa shape index (κ1) is 24.0. The van der Waals surface area contributed by atoms with E-state index >= 15 is 0 Å². The maximum atomic E-state index is 13.1. The van der Waals surface area contributed by atoms with Gasteiger partial charge in [0.1, 0.15) is 5.82 Å². The highest BCUT2D eigenvalue weighted by Gasteiger charge is 2.30. The van der Waals surface area contributed by atoms with Crippen molar-refractivity contribution in [3.8, 4) is 11.5 Å². The number of hydrogen-bond donors (Lipinski definition) is 0. The van der Waals surface area contributed by atoms with Crippen LogP contribution >= 0.6 is 0 Å². The number of hydrogen-bond acceptors (Lipinski definition) is 5. The monoisotopic (exact) mass is 464 g/mol. The van der Waals surface area contributed by atoms with E-state index in [4.69, 9.17) is 9.47 Å². The largest absolute Gasteiger partial charge is 0.490 e. The number of amides is 1. The lowest BCUT2D eigenvalue weighted by Gasteiger charge is -2.34. The van der Waals surface area contributed by atoms with Crippen LogP contribution in [-0.4, -0.2) is 62.9 Å². The molecule has 0 N–H and O–H groups in total. The molecule has 1 aliphatic heterocycles. The fourth-order valence-corrected chi connectivity index (χ4v) is 4.79. The summed E-state index contributed by atoms with van der Waals surface area (Å²) in [6.07, 6.45) is 1.69. The van der Waals surface area contributed by atoms with Gasteiger partial charge in [-0.05, 0) is 55.3 Å². The predicted octanol–water partition coefficient (Wildman–Crippen LogP) is 3.55. The molecule has 0 aliphatic carbocycles. The van der Waals surface area contributed by atoms with E-state index in [0.29, 0.717) is 30.3 Å². The summed E-state index contributed by atoms with van der Waals surface area (Å²) in [4.78, 5) is 14.7. The van der Waals surface area contributed by atoms with Crippen molar-refractivity contribution in [1.29, 1.82) is 0 Å². The number of benzene rings is 2. The van der Waals surface area contributed by atoms with Gasteiger partial charge in [0.15, 0.2) is 11.5 Å². The minimum atomic E-state index is -3.73. The molecular formula is C23H29FN2O5S. The number of rotatable bonds is 9. The maximum Gasteiger partial charge on any atom is 0.254 e. The Morgan fingerprint density at radius 3 is 2.09 bits per heavy atom. The van der Waals surface area contributed by atoms with Crippen molar-refractivity contribution in [2.45, 2.75) is 31.6 Å². The summed E-state index contributed by atoms with van der Waals surface area (Å²) in [6.45, 7) is 5.95. The minimum absolute atomic E-state index is 0.0408. The van der Waals surface area contributed by atoms with Gasteiger partial charge in [-0.15, -0.1) is 0 Å². The van der Waals surface area contributed by atoms with Crippen LogP contribution in [0.2, 0.25) is 0 Å². The third kappa shape index (κ3) is 5.58. The second-order valence-electron chi connectivity index (χ2n) is 7.51. The van der Waals surface area contributed by atoms with E-state index in [1.165, 1.54) is 16.4 Å². The molecule has 0 saturated carbocycles. The van der Waals surface area contributed by atoms with E-state index < -0.39 is 15.8 Å². The molecule has 0 radical (unpaired) electrons. The normalized spacial score (nSPS) is 14.9. The Morgan fingerprint density at radius 2 is 1.50 bits per heavy atom. The highest BCUT2D eigenvalue weighted by molar-refractivity contribution is 7.89. The lowest BCUT2D eigenvalue weighted by molar-refractivity contribution is 0.0697. The van der Waals surface area contributed by atoms with Crippen LogP contribution in [0.3, 0.4) is 0 Å². The number of sulfonamides is 1. The van der Waals surface area contributed by atoms with Crippen LogP contribution in [0.5, 0.6) is 11.5 Å². The van der Waals surface area contributed by atoms with E-state index in [2.05, 4.69) is 0 Å². The van der Waals surface area contributed by atoms with E-state index in [1.807, 2.05) is 13.8 Å². The van der Waals surface area contributed by atoms with Gasteiger partial charge in [-0.3, -0.25) is 4.79 Å². The van der Waals surface area contributed by atoms with Crippen LogP contribution < -0.4 is 9.47 Å². The Kier molecular flexibility index (Phi) is 8.09. The topological polar surface area (TPSA) is 76.2 Å². The second-order valence-corrected chi connectivity index (χ2v) is 9.45. The molecule has 0 atom stereocenters. The summed E-state index contributed by atoms with van der Waals surface area (Å²) in [5, 5.41) is 0. The predicted molar refractivity (Wildman–Crippen MR) is 119 cm³/mol. The molecule has 1 aliphatic rings. The molecule has 1 fully saturated rings. The fraction of sp³-hybridized carbons (Fsp3) is 0.435. The fourth-order valence-electron chi connectivity index (χ4n) is 3.37. The molecule has 2 aromatic rings. The highest BCUT2D eigenvalue weighted by Crippen LogP contribution is 2.30. The van der Waals surface area contributed by atoms with Crippen molar-refractivity contribution in [1.82, 2.24) is 9.21 Å². The number of piperazine rings is 1. The molecule has 0 bridgehead atoms. The lowest BCUT2D eigenvalue weighted by Crippen LogP contribution is -2.50. The van der Waals surface area contributed by atoms with Crippen LogP contribution in [0.15, 0.2) is 47.4 Å². The van der Waals surface area contributed by atoms with Crippen LogP contribution in [0, 0.1) is 5.82 Å². The first-order chi connectivity index (χ1) is 15.4. The number of carbonyl (C=O) groups excluding carboxylic acids is 1. The molecule has 1 saturated heterocycles. The molecule has 0 unspecified atom stereocenters. The third-order valence-corrected chi connectivity index (χ3v) is 7.00. The summed E-state index contributed by atoms with van der Waals surface area (Å²) in [5.74, 6) is 0.454. The Morgan fingerprint density at radius 1 is 0.906 bits per heavy atom. The Hall–Kier alpha value is -2.65. The van der Waals surface area contributed by atoms with Crippen LogP contribution in [-0.2, 0) is 10.0 Å². The molecule has 0 aromatic heterocycles. The average molecular weight is 465 g/mol. The summed E-state index contributed by atoms with van der Waals surface area (Å²) >= 11 is 0. The lowest BCUT2D eigenvalue weighted by atomic mass is 10.1. The van der Waals surface area contributed by atoms with Gasteiger partial charge < -0.3 is 14.4 Å². The molecule has 3 rings (SSSR count). The van der Waals surface area contributed by atoms with E-state index in [1.54, 1.807) is 23.1 Å². The Balaban J connectivity index is 1.68. The summed E-state index contributed by atoms with van der Waals surface area (Å²) in [5.41, 5.74) is 0.467. The van der Waals surface area contributed by atoms with Crippen molar-refractivity contribution in [2.24, 2.45) is 0 Å². The molecular weight excluding hydrogens is 435 g/mol. The van der Waals surface area contributed by atoms with Crippen LogP contribution in [0.1, 0.15) is 37.0 Å².